The first kappa shape index (κ1) is 30.3. The number of anilines is 1. The molecule has 1 unspecified atom stereocenters. The van der Waals surface area contributed by atoms with Crippen molar-refractivity contribution in [2.24, 2.45) is 5.41 Å². The van der Waals surface area contributed by atoms with Gasteiger partial charge in [-0.15, -0.1) is 0 Å². The number of non-ortho nitro benzene ring substituents is 1. The third kappa shape index (κ3) is 5.16. The first-order chi connectivity index (χ1) is 20.9. The van der Waals surface area contributed by atoms with Crippen molar-refractivity contribution in [3.8, 4) is 17.2 Å². The Morgan fingerprint density at radius 1 is 1.00 bits per heavy atom. The lowest BCUT2D eigenvalue weighted by Gasteiger charge is -2.45. The minimum atomic E-state index is -0.857. The number of aryl methyl sites for hydroxylation is 1. The average molecular weight is 598 g/mol. The molecule has 3 aromatic rings. The molecule has 228 valence electrons. The fraction of sp³-hybridized carbons (Fsp3) is 0.294. The molecule has 0 saturated carbocycles. The van der Waals surface area contributed by atoms with Crippen LogP contribution < -0.4 is 19.1 Å². The Labute approximate surface area is 255 Å². The van der Waals surface area contributed by atoms with Gasteiger partial charge in [0.2, 0.25) is 5.75 Å². The highest BCUT2D eigenvalue weighted by Gasteiger charge is 2.47. The number of Topliss-reactive ketones (excluding diaryl/α,β-unsaturated/α-hetero) is 1. The van der Waals surface area contributed by atoms with Gasteiger partial charge >= 0.3 is 0 Å². The number of allylic oxidation sites excluding steroid dienone is 2. The van der Waals surface area contributed by atoms with E-state index in [9.17, 15) is 25.4 Å². The van der Waals surface area contributed by atoms with Crippen molar-refractivity contribution in [1.29, 1.82) is 5.41 Å². The van der Waals surface area contributed by atoms with Gasteiger partial charge in [0.05, 0.1) is 31.9 Å². The zero-order valence-corrected chi connectivity index (χ0v) is 25.6. The number of nitro groups is 1. The summed E-state index contributed by atoms with van der Waals surface area (Å²) in [5.74, 6) is -0.0852. The summed E-state index contributed by atoms with van der Waals surface area (Å²) in [7, 11) is 4.50. The molecule has 1 heterocycles. The number of nitrogens with one attached hydrogen (secondary N) is 1. The van der Waals surface area contributed by atoms with Gasteiger partial charge in [0, 0.05) is 46.9 Å². The van der Waals surface area contributed by atoms with Gasteiger partial charge in [0.1, 0.15) is 11.6 Å². The van der Waals surface area contributed by atoms with Crippen molar-refractivity contribution in [3.63, 3.8) is 0 Å². The third-order valence-corrected chi connectivity index (χ3v) is 8.18. The number of aliphatic hydroxyl groups is 1. The number of hydrogen-bond acceptors (Lipinski definition) is 8. The zero-order chi connectivity index (χ0) is 31.9. The lowest BCUT2D eigenvalue weighted by molar-refractivity contribution is -0.384. The predicted molar refractivity (Wildman–Crippen MR) is 168 cm³/mol. The van der Waals surface area contributed by atoms with Gasteiger partial charge in [-0.1, -0.05) is 44.2 Å². The molecule has 1 aliphatic heterocycles. The van der Waals surface area contributed by atoms with Crippen LogP contribution in [-0.4, -0.2) is 43.0 Å². The molecule has 0 radical (unpaired) electrons. The van der Waals surface area contributed by atoms with E-state index in [-0.39, 0.29) is 35.1 Å². The molecule has 2 aliphatic rings. The molecule has 1 atom stereocenters. The molecule has 0 spiro atoms. The summed E-state index contributed by atoms with van der Waals surface area (Å²) in [5.41, 5.74) is 2.85. The Morgan fingerprint density at radius 3 is 2.18 bits per heavy atom. The second-order valence-corrected chi connectivity index (χ2v) is 11.7. The maximum absolute atomic E-state index is 14.2. The van der Waals surface area contributed by atoms with E-state index in [0.717, 1.165) is 0 Å². The van der Waals surface area contributed by atoms with Gasteiger partial charge in [-0.3, -0.25) is 25.2 Å². The summed E-state index contributed by atoms with van der Waals surface area (Å²) in [6.45, 7) is 5.73. The Kier molecular flexibility index (Phi) is 7.94. The lowest BCUT2D eigenvalue weighted by atomic mass is 9.67. The number of rotatable bonds is 7. The van der Waals surface area contributed by atoms with Crippen LogP contribution in [0.3, 0.4) is 0 Å². The minimum absolute atomic E-state index is 0.0497. The Hall–Kier alpha value is -5.12. The fourth-order valence-electron chi connectivity index (χ4n) is 6.24. The number of aliphatic hydroxyl groups excluding tert-OH is 1. The molecule has 0 aromatic heterocycles. The second-order valence-electron chi connectivity index (χ2n) is 11.7. The first-order valence-corrected chi connectivity index (χ1v) is 14.1. The van der Waals surface area contributed by atoms with Crippen LogP contribution in [0, 0.1) is 27.9 Å². The summed E-state index contributed by atoms with van der Waals surface area (Å²) in [5, 5.41) is 33.1. The Balaban J connectivity index is 1.90. The van der Waals surface area contributed by atoms with E-state index in [2.05, 4.69) is 0 Å². The predicted octanol–water partition coefficient (Wildman–Crippen LogP) is 7.12. The number of amidine groups is 1. The van der Waals surface area contributed by atoms with Crippen LogP contribution >= 0.6 is 0 Å². The normalized spacial score (nSPS) is 19.0. The molecule has 5 rings (SSSR count). The standard InChI is InChI=1S/C34H35N3O7/c1-19-14-22(37(40)41)12-13-23(19)36-24-17-34(2,3)18-25(38)29(24)28(21-15-26(42-4)32(44-6)27(16-21)43-5)30(33(36)35)31(39)20-10-8-7-9-11-20/h7-16,28,35,39H,17-18H2,1-6H3/b31-30+,35-33?. The minimum Gasteiger partial charge on any atom is -0.507 e. The van der Waals surface area contributed by atoms with Crippen LogP contribution in [0.15, 0.2) is 77.5 Å². The van der Waals surface area contributed by atoms with Gasteiger partial charge in [-0.25, -0.2) is 0 Å². The van der Waals surface area contributed by atoms with E-state index >= 15 is 0 Å². The highest BCUT2D eigenvalue weighted by atomic mass is 16.6. The van der Waals surface area contributed by atoms with Gasteiger partial charge in [-0.05, 0) is 48.1 Å². The quantitative estimate of drug-likeness (QED) is 0.167. The first-order valence-electron chi connectivity index (χ1n) is 14.1. The third-order valence-electron chi connectivity index (χ3n) is 8.18. The van der Waals surface area contributed by atoms with E-state index in [0.29, 0.717) is 57.3 Å². The van der Waals surface area contributed by atoms with Crippen molar-refractivity contribution in [1.82, 2.24) is 0 Å². The zero-order valence-electron chi connectivity index (χ0n) is 25.6. The Morgan fingerprint density at radius 2 is 1.64 bits per heavy atom. The van der Waals surface area contributed by atoms with Crippen molar-refractivity contribution in [2.45, 2.75) is 39.5 Å². The van der Waals surface area contributed by atoms with E-state index < -0.39 is 16.3 Å². The highest BCUT2D eigenvalue weighted by Crippen LogP contribution is 2.53. The van der Waals surface area contributed by atoms with Crippen molar-refractivity contribution < 1.29 is 29.0 Å². The highest BCUT2D eigenvalue weighted by molar-refractivity contribution is 6.20. The van der Waals surface area contributed by atoms with Crippen LogP contribution in [0.1, 0.15) is 49.3 Å². The number of benzene rings is 3. The molecule has 44 heavy (non-hydrogen) atoms. The molecule has 3 aromatic carbocycles. The molecule has 2 N–H and O–H groups in total. The van der Waals surface area contributed by atoms with E-state index in [1.165, 1.54) is 33.5 Å². The number of ketones is 1. The molecule has 0 bridgehead atoms. The molecule has 0 amide bonds. The molecule has 0 fully saturated rings. The second kappa shape index (κ2) is 11.5. The number of nitro benzene ring substituents is 1. The average Bonchev–Trinajstić information content (AvgIpc) is 2.99. The van der Waals surface area contributed by atoms with Crippen LogP contribution in [0.2, 0.25) is 0 Å². The van der Waals surface area contributed by atoms with Crippen LogP contribution in [-0.2, 0) is 4.79 Å². The van der Waals surface area contributed by atoms with Gasteiger partial charge < -0.3 is 19.3 Å². The number of ether oxygens (including phenoxy) is 3. The van der Waals surface area contributed by atoms with Crippen molar-refractivity contribution >= 4 is 28.8 Å². The SMILES string of the molecule is COc1cc(C2C3=C(CC(C)(C)CC3=O)N(c3ccc([N+](=O)[O-])cc3C)C(=N)/C2=C(/O)c2ccccc2)cc(OC)c1OC. The monoisotopic (exact) mass is 597 g/mol. The molecular weight excluding hydrogens is 562 g/mol. The number of nitrogens with zero attached hydrogens (tertiary/aromatic N) is 2. The molecule has 0 saturated heterocycles. The van der Waals surface area contributed by atoms with E-state index in [1.807, 2.05) is 19.9 Å². The maximum Gasteiger partial charge on any atom is 0.269 e. The number of methoxy groups -OCH3 is 3. The summed E-state index contributed by atoms with van der Waals surface area (Å²) in [6, 6.07) is 16.8. The fourth-order valence-corrected chi connectivity index (χ4v) is 6.24. The molecule has 10 nitrogen and oxygen atoms in total. The summed E-state index contributed by atoms with van der Waals surface area (Å²) in [4.78, 5) is 27.0. The topological polar surface area (TPSA) is 135 Å². The smallest absolute Gasteiger partial charge is 0.269 e. The number of carbonyl (C=O) groups is 1. The van der Waals surface area contributed by atoms with E-state index in [4.69, 9.17) is 14.2 Å². The Bertz CT molecular complexity index is 1720. The summed E-state index contributed by atoms with van der Waals surface area (Å²) >= 11 is 0. The largest absolute Gasteiger partial charge is 0.507 e. The number of hydrogen-bond donors (Lipinski definition) is 2. The van der Waals surface area contributed by atoms with Crippen LogP contribution in [0.5, 0.6) is 17.2 Å². The molecule has 1 aliphatic carbocycles. The van der Waals surface area contributed by atoms with Crippen molar-refractivity contribution in [2.75, 3.05) is 26.2 Å². The molecule has 10 heteroatoms. The van der Waals surface area contributed by atoms with Gasteiger partial charge in [0.25, 0.3) is 5.69 Å². The van der Waals surface area contributed by atoms with Gasteiger partial charge in [0.15, 0.2) is 17.3 Å². The van der Waals surface area contributed by atoms with Crippen molar-refractivity contribution in [3.05, 3.63) is 104 Å². The van der Waals surface area contributed by atoms with Crippen LogP contribution in [0.4, 0.5) is 11.4 Å². The van der Waals surface area contributed by atoms with Crippen LogP contribution in [0.25, 0.3) is 5.76 Å². The lowest BCUT2D eigenvalue weighted by Crippen LogP contribution is -2.45. The maximum atomic E-state index is 14.2. The molecular formula is C34H35N3O7. The van der Waals surface area contributed by atoms with Gasteiger partial charge in [-0.2, -0.15) is 0 Å². The summed E-state index contributed by atoms with van der Waals surface area (Å²) in [6.07, 6.45) is 0.708. The van der Waals surface area contributed by atoms with E-state index in [1.54, 1.807) is 54.3 Å². The number of carbonyl (C=O) groups excluding carboxylic acids is 1. The summed E-state index contributed by atoms with van der Waals surface area (Å²) < 4.78 is 16.8.